The van der Waals surface area contributed by atoms with Crippen LogP contribution in [0.25, 0.3) is 0 Å². The second-order valence-corrected chi connectivity index (χ2v) is 4.40. The highest BCUT2D eigenvalue weighted by atomic mass is 79.9. The van der Waals surface area contributed by atoms with Gasteiger partial charge in [0.2, 0.25) is 5.91 Å². The molecule has 4 nitrogen and oxygen atoms in total. The Morgan fingerprint density at radius 2 is 2.25 bits per heavy atom. The van der Waals surface area contributed by atoms with Crippen LogP contribution in [-0.2, 0) is 4.79 Å². The number of hydrogen-bond acceptors (Lipinski definition) is 3. The molecule has 1 amide bonds. The number of likely N-dealkylation sites (N-methyl/N-ethyl adjacent to an activating group) is 1. The number of carbonyl (C=O) groups is 1. The molecule has 0 radical (unpaired) electrons. The average Bonchev–Trinajstić information content (AvgIpc) is 2.20. The van der Waals surface area contributed by atoms with Crippen molar-refractivity contribution in [2.75, 3.05) is 18.9 Å². The van der Waals surface area contributed by atoms with Crippen molar-refractivity contribution in [2.45, 2.75) is 13.0 Å². The van der Waals surface area contributed by atoms with E-state index in [1.165, 1.54) is 6.92 Å². The van der Waals surface area contributed by atoms with Crippen LogP contribution < -0.4 is 10.6 Å². The van der Waals surface area contributed by atoms with Gasteiger partial charge in [0.05, 0.1) is 6.10 Å². The summed E-state index contributed by atoms with van der Waals surface area (Å²) in [5, 5.41) is 15.5. The predicted molar refractivity (Wildman–Crippen MR) is 67.3 cm³/mol. The fourth-order valence-electron chi connectivity index (χ4n) is 1.42. The van der Waals surface area contributed by atoms with Gasteiger partial charge in [-0.3, -0.25) is 4.79 Å². The van der Waals surface area contributed by atoms with E-state index >= 15 is 0 Å². The van der Waals surface area contributed by atoms with Crippen LogP contribution in [0.5, 0.6) is 0 Å². The average molecular weight is 287 g/mol. The lowest BCUT2D eigenvalue weighted by Crippen LogP contribution is -2.19. The molecule has 1 unspecified atom stereocenters. The van der Waals surface area contributed by atoms with Crippen molar-refractivity contribution < 1.29 is 9.90 Å². The smallest absolute Gasteiger partial charge is 0.221 e. The molecule has 0 aliphatic rings. The van der Waals surface area contributed by atoms with Crippen molar-refractivity contribution in [3.05, 3.63) is 28.2 Å². The third-order valence-corrected chi connectivity index (χ3v) is 2.57. The Morgan fingerprint density at radius 1 is 1.56 bits per heavy atom. The fourth-order valence-corrected chi connectivity index (χ4v) is 1.79. The lowest BCUT2D eigenvalue weighted by atomic mass is 10.1. The van der Waals surface area contributed by atoms with E-state index in [2.05, 4.69) is 26.6 Å². The number of benzene rings is 1. The highest BCUT2D eigenvalue weighted by Gasteiger charge is 2.12. The van der Waals surface area contributed by atoms with E-state index in [-0.39, 0.29) is 5.91 Å². The first kappa shape index (κ1) is 13.2. The molecule has 0 saturated heterocycles. The van der Waals surface area contributed by atoms with Crippen LogP contribution in [0.1, 0.15) is 18.6 Å². The summed E-state index contributed by atoms with van der Waals surface area (Å²) in [6, 6.07) is 5.38. The normalized spacial score (nSPS) is 12.2. The standard InChI is InChI=1S/C11H15BrN2O2/c1-7(15)14-10-4-3-8(12)5-9(10)11(16)6-13-2/h3-5,11,13,16H,6H2,1-2H3,(H,14,15). The molecule has 0 bridgehead atoms. The quantitative estimate of drug-likeness (QED) is 0.789. The van der Waals surface area contributed by atoms with Crippen molar-refractivity contribution in [1.82, 2.24) is 5.32 Å². The van der Waals surface area contributed by atoms with E-state index < -0.39 is 6.10 Å². The summed E-state index contributed by atoms with van der Waals surface area (Å²) in [5.74, 6) is -0.153. The predicted octanol–water partition coefficient (Wildman–Crippen LogP) is 1.66. The minimum absolute atomic E-state index is 0.153. The zero-order chi connectivity index (χ0) is 12.1. The van der Waals surface area contributed by atoms with Gasteiger partial charge < -0.3 is 15.7 Å². The number of anilines is 1. The summed E-state index contributed by atoms with van der Waals surface area (Å²) < 4.78 is 0.867. The van der Waals surface area contributed by atoms with Crippen LogP contribution in [0.4, 0.5) is 5.69 Å². The number of halogens is 1. The summed E-state index contributed by atoms with van der Waals surface area (Å²) in [6.45, 7) is 1.87. The maximum Gasteiger partial charge on any atom is 0.221 e. The molecule has 1 aromatic rings. The SMILES string of the molecule is CNCC(O)c1cc(Br)ccc1NC(C)=O. The summed E-state index contributed by atoms with van der Waals surface area (Å²) in [6.07, 6.45) is -0.649. The molecule has 88 valence electrons. The Bertz CT molecular complexity index is 382. The molecule has 0 heterocycles. The van der Waals surface area contributed by atoms with Crippen molar-refractivity contribution in [3.63, 3.8) is 0 Å². The van der Waals surface area contributed by atoms with Crippen molar-refractivity contribution in [3.8, 4) is 0 Å². The second kappa shape index (κ2) is 5.98. The Kier molecular flexibility index (Phi) is 4.92. The molecule has 5 heteroatoms. The fraction of sp³-hybridized carbons (Fsp3) is 0.364. The molecule has 0 aromatic heterocycles. The summed E-state index contributed by atoms with van der Waals surface area (Å²) >= 11 is 3.34. The Balaban J connectivity index is 3.02. The summed E-state index contributed by atoms with van der Waals surface area (Å²) in [7, 11) is 1.76. The van der Waals surface area contributed by atoms with Crippen LogP contribution in [0.15, 0.2) is 22.7 Å². The molecule has 1 rings (SSSR count). The molecule has 1 aromatic carbocycles. The summed E-state index contributed by atoms with van der Waals surface area (Å²) in [5.41, 5.74) is 1.33. The molecule has 0 aliphatic heterocycles. The molecule has 16 heavy (non-hydrogen) atoms. The highest BCUT2D eigenvalue weighted by Crippen LogP contribution is 2.26. The third-order valence-electron chi connectivity index (χ3n) is 2.08. The van der Waals surface area contributed by atoms with Gasteiger partial charge in [-0.2, -0.15) is 0 Å². The van der Waals surface area contributed by atoms with Crippen molar-refractivity contribution >= 4 is 27.5 Å². The maximum absolute atomic E-state index is 11.0. The second-order valence-electron chi connectivity index (χ2n) is 3.49. The van der Waals surface area contributed by atoms with Gasteiger partial charge in [0.25, 0.3) is 0 Å². The molecule has 1 atom stereocenters. The zero-order valence-corrected chi connectivity index (χ0v) is 10.8. The minimum Gasteiger partial charge on any atom is -0.387 e. The number of amides is 1. The van der Waals surface area contributed by atoms with Gasteiger partial charge in [-0.15, -0.1) is 0 Å². The van der Waals surface area contributed by atoms with Gasteiger partial charge in [-0.1, -0.05) is 15.9 Å². The van der Waals surface area contributed by atoms with E-state index in [0.29, 0.717) is 17.8 Å². The van der Waals surface area contributed by atoms with E-state index in [1.54, 1.807) is 19.2 Å². The van der Waals surface area contributed by atoms with Crippen LogP contribution in [-0.4, -0.2) is 24.6 Å². The Morgan fingerprint density at radius 3 is 2.81 bits per heavy atom. The molecular formula is C11H15BrN2O2. The molecule has 0 spiro atoms. The summed E-state index contributed by atoms with van der Waals surface area (Å²) in [4.78, 5) is 11.0. The third kappa shape index (κ3) is 3.59. The molecule has 0 aliphatic carbocycles. The van der Waals surface area contributed by atoms with E-state index in [9.17, 15) is 9.90 Å². The number of hydrogen-bond donors (Lipinski definition) is 3. The van der Waals surface area contributed by atoms with Gasteiger partial charge >= 0.3 is 0 Å². The van der Waals surface area contributed by atoms with E-state index in [1.807, 2.05) is 6.07 Å². The Labute approximate surface area is 103 Å². The lowest BCUT2D eigenvalue weighted by molar-refractivity contribution is -0.114. The number of carbonyl (C=O) groups excluding carboxylic acids is 1. The van der Waals surface area contributed by atoms with Gasteiger partial charge in [-0.25, -0.2) is 0 Å². The van der Waals surface area contributed by atoms with Crippen LogP contribution in [0.3, 0.4) is 0 Å². The first-order valence-corrected chi connectivity index (χ1v) is 5.73. The van der Waals surface area contributed by atoms with Gasteiger partial charge in [0.1, 0.15) is 0 Å². The minimum atomic E-state index is -0.649. The monoisotopic (exact) mass is 286 g/mol. The van der Waals surface area contributed by atoms with E-state index in [4.69, 9.17) is 0 Å². The van der Waals surface area contributed by atoms with Crippen molar-refractivity contribution in [2.24, 2.45) is 0 Å². The van der Waals surface area contributed by atoms with E-state index in [0.717, 1.165) is 4.47 Å². The zero-order valence-electron chi connectivity index (χ0n) is 9.25. The van der Waals surface area contributed by atoms with Gasteiger partial charge in [0.15, 0.2) is 0 Å². The van der Waals surface area contributed by atoms with Crippen molar-refractivity contribution in [1.29, 1.82) is 0 Å². The van der Waals surface area contributed by atoms with Gasteiger partial charge in [0, 0.05) is 29.2 Å². The number of rotatable bonds is 4. The molecule has 3 N–H and O–H groups in total. The van der Waals surface area contributed by atoms with Gasteiger partial charge in [-0.05, 0) is 25.2 Å². The first-order valence-electron chi connectivity index (χ1n) is 4.94. The lowest BCUT2D eigenvalue weighted by Gasteiger charge is -2.15. The first-order chi connectivity index (χ1) is 7.54. The largest absolute Gasteiger partial charge is 0.387 e. The number of aliphatic hydroxyl groups is 1. The van der Waals surface area contributed by atoms with Crippen LogP contribution >= 0.6 is 15.9 Å². The number of aliphatic hydroxyl groups excluding tert-OH is 1. The molecule has 0 fully saturated rings. The van der Waals surface area contributed by atoms with Crippen LogP contribution in [0, 0.1) is 0 Å². The molecular weight excluding hydrogens is 272 g/mol. The topological polar surface area (TPSA) is 61.4 Å². The highest BCUT2D eigenvalue weighted by molar-refractivity contribution is 9.10. The molecule has 0 saturated carbocycles. The maximum atomic E-state index is 11.0. The Hall–Kier alpha value is -0.910. The van der Waals surface area contributed by atoms with Crippen LogP contribution in [0.2, 0.25) is 0 Å². The number of nitrogens with one attached hydrogen (secondary N) is 2.